The van der Waals surface area contributed by atoms with E-state index in [0.29, 0.717) is 30.3 Å². The Bertz CT molecular complexity index is 1290. The van der Waals surface area contributed by atoms with Gasteiger partial charge in [0.05, 0.1) is 12.8 Å². The van der Waals surface area contributed by atoms with Crippen LogP contribution in [0.5, 0.6) is 11.5 Å². The van der Waals surface area contributed by atoms with Gasteiger partial charge in [0, 0.05) is 15.6 Å². The number of hydrazone groups is 1. The summed E-state index contributed by atoms with van der Waals surface area (Å²) in [6.07, 6.45) is 1.58. The predicted octanol–water partition coefficient (Wildman–Crippen LogP) is 6.34. The number of rotatable bonds is 8. The molecule has 1 N–H and O–H groups in total. The Kier molecular flexibility index (Phi) is 7.37. The average molecular weight is 503 g/mol. The fourth-order valence-electron chi connectivity index (χ4n) is 3.32. The minimum Gasteiger partial charge on any atom is -0.490 e. The van der Waals surface area contributed by atoms with E-state index in [2.05, 4.69) is 26.5 Å². The van der Waals surface area contributed by atoms with Gasteiger partial charge in [-0.3, -0.25) is 4.79 Å². The van der Waals surface area contributed by atoms with Gasteiger partial charge in [-0.25, -0.2) is 5.43 Å². The van der Waals surface area contributed by atoms with Crippen molar-refractivity contribution in [2.45, 2.75) is 13.5 Å². The molecule has 0 heterocycles. The number of amides is 1. The monoisotopic (exact) mass is 502 g/mol. The Morgan fingerprint density at radius 1 is 0.909 bits per heavy atom. The largest absolute Gasteiger partial charge is 0.490 e. The topological polar surface area (TPSA) is 59.9 Å². The van der Waals surface area contributed by atoms with Crippen molar-refractivity contribution >= 4 is 38.8 Å². The Balaban J connectivity index is 1.47. The third-order valence-electron chi connectivity index (χ3n) is 4.98. The van der Waals surface area contributed by atoms with Crippen LogP contribution in [0.2, 0.25) is 0 Å². The van der Waals surface area contributed by atoms with Crippen molar-refractivity contribution in [2.75, 3.05) is 6.61 Å². The van der Waals surface area contributed by atoms with Gasteiger partial charge in [-0.2, -0.15) is 5.10 Å². The molecule has 0 spiro atoms. The van der Waals surface area contributed by atoms with Crippen molar-refractivity contribution in [1.82, 2.24) is 5.43 Å². The Hall–Kier alpha value is -3.64. The number of nitrogens with one attached hydrogen (secondary N) is 1. The first-order valence-electron chi connectivity index (χ1n) is 10.6. The lowest BCUT2D eigenvalue weighted by Gasteiger charge is -2.14. The fraction of sp³-hybridized carbons (Fsp3) is 0.111. The van der Waals surface area contributed by atoms with E-state index in [-0.39, 0.29) is 5.91 Å². The standard InChI is InChI=1S/C27H23BrN2O3/c1-2-32-25-15-23(24(28)16-26(25)33-18-19-8-4-3-5-9-19)17-29-30-27(31)22-13-12-20-10-6-7-11-21(20)14-22/h3-17H,2,18H2,1H3,(H,30,31)/b29-17-. The highest BCUT2D eigenvalue weighted by molar-refractivity contribution is 9.10. The molecule has 0 saturated carbocycles. The van der Waals surface area contributed by atoms with Gasteiger partial charge >= 0.3 is 0 Å². The third-order valence-corrected chi connectivity index (χ3v) is 5.67. The molecule has 6 heteroatoms. The normalized spacial score (nSPS) is 11.0. The first kappa shape index (κ1) is 22.6. The van der Waals surface area contributed by atoms with Crippen LogP contribution < -0.4 is 14.9 Å². The van der Waals surface area contributed by atoms with Gasteiger partial charge in [0.15, 0.2) is 11.5 Å². The Morgan fingerprint density at radius 2 is 1.64 bits per heavy atom. The Labute approximate surface area is 201 Å². The van der Waals surface area contributed by atoms with E-state index in [0.717, 1.165) is 26.4 Å². The number of nitrogens with zero attached hydrogens (tertiary/aromatic N) is 1. The highest BCUT2D eigenvalue weighted by Crippen LogP contribution is 2.33. The summed E-state index contributed by atoms with van der Waals surface area (Å²) in [6.45, 7) is 2.85. The summed E-state index contributed by atoms with van der Waals surface area (Å²) in [5.41, 5.74) is 4.96. The molecular weight excluding hydrogens is 480 g/mol. The molecule has 0 bridgehead atoms. The van der Waals surface area contributed by atoms with Gasteiger partial charge in [-0.05, 0) is 63.5 Å². The summed E-state index contributed by atoms with van der Waals surface area (Å²) < 4.78 is 12.5. The molecule has 0 radical (unpaired) electrons. The van der Waals surface area contributed by atoms with Crippen molar-refractivity contribution < 1.29 is 14.3 Å². The van der Waals surface area contributed by atoms with Crippen molar-refractivity contribution in [3.63, 3.8) is 0 Å². The first-order chi connectivity index (χ1) is 16.1. The summed E-state index contributed by atoms with van der Waals surface area (Å²) >= 11 is 3.56. The summed E-state index contributed by atoms with van der Waals surface area (Å²) in [6, 6.07) is 27.1. The minimum absolute atomic E-state index is 0.277. The molecule has 0 aromatic heterocycles. The Morgan fingerprint density at radius 3 is 2.42 bits per heavy atom. The SMILES string of the molecule is CCOc1cc(/C=N\NC(=O)c2ccc3ccccc3c2)c(Br)cc1OCc1ccccc1. The second kappa shape index (κ2) is 10.8. The maximum atomic E-state index is 12.5. The van der Waals surface area contributed by atoms with Crippen LogP contribution >= 0.6 is 15.9 Å². The number of hydrogen-bond acceptors (Lipinski definition) is 4. The fourth-order valence-corrected chi connectivity index (χ4v) is 3.75. The highest BCUT2D eigenvalue weighted by Gasteiger charge is 2.11. The van der Waals surface area contributed by atoms with Crippen LogP contribution in [-0.4, -0.2) is 18.7 Å². The summed E-state index contributed by atoms with van der Waals surface area (Å²) in [7, 11) is 0. The molecule has 0 fully saturated rings. The molecular formula is C27H23BrN2O3. The number of fused-ring (bicyclic) bond motifs is 1. The number of ether oxygens (including phenoxy) is 2. The minimum atomic E-state index is -0.277. The van der Waals surface area contributed by atoms with E-state index < -0.39 is 0 Å². The lowest BCUT2D eigenvalue weighted by molar-refractivity contribution is 0.0955. The molecule has 0 atom stereocenters. The summed E-state index contributed by atoms with van der Waals surface area (Å²) in [5.74, 6) is 0.963. The molecule has 0 aliphatic carbocycles. The van der Waals surface area contributed by atoms with Crippen LogP contribution in [0.15, 0.2) is 94.5 Å². The second-order valence-corrected chi connectivity index (χ2v) is 8.14. The van der Waals surface area contributed by atoms with Crippen LogP contribution in [0, 0.1) is 0 Å². The quantitative estimate of drug-likeness (QED) is 0.225. The van der Waals surface area contributed by atoms with Crippen LogP contribution in [0.3, 0.4) is 0 Å². The third kappa shape index (κ3) is 5.79. The maximum Gasteiger partial charge on any atom is 0.271 e. The zero-order chi connectivity index (χ0) is 23.0. The van der Waals surface area contributed by atoms with Gasteiger partial charge in [0.25, 0.3) is 5.91 Å². The molecule has 4 aromatic rings. The molecule has 5 nitrogen and oxygen atoms in total. The van der Waals surface area contributed by atoms with E-state index in [1.807, 2.05) is 85.8 Å². The van der Waals surface area contributed by atoms with E-state index in [9.17, 15) is 4.79 Å². The molecule has 33 heavy (non-hydrogen) atoms. The van der Waals surface area contributed by atoms with Gasteiger partial charge < -0.3 is 9.47 Å². The van der Waals surface area contributed by atoms with Gasteiger partial charge in [0.2, 0.25) is 0 Å². The van der Waals surface area contributed by atoms with Crippen LogP contribution in [0.1, 0.15) is 28.4 Å². The number of hydrogen-bond donors (Lipinski definition) is 1. The molecule has 0 saturated heterocycles. The smallest absolute Gasteiger partial charge is 0.271 e. The number of carbonyl (C=O) groups is 1. The molecule has 1 amide bonds. The molecule has 4 aromatic carbocycles. The summed E-state index contributed by atoms with van der Waals surface area (Å²) in [5, 5.41) is 6.22. The molecule has 4 rings (SSSR count). The van der Waals surface area contributed by atoms with E-state index >= 15 is 0 Å². The lowest BCUT2D eigenvalue weighted by atomic mass is 10.1. The number of halogens is 1. The number of carbonyl (C=O) groups excluding carboxylic acids is 1. The van der Waals surface area contributed by atoms with Gasteiger partial charge in [0.1, 0.15) is 6.61 Å². The van der Waals surface area contributed by atoms with Crippen LogP contribution in [0.25, 0.3) is 10.8 Å². The summed E-state index contributed by atoms with van der Waals surface area (Å²) in [4.78, 5) is 12.5. The zero-order valence-electron chi connectivity index (χ0n) is 18.1. The predicted molar refractivity (Wildman–Crippen MR) is 135 cm³/mol. The van der Waals surface area contributed by atoms with Gasteiger partial charge in [-0.1, -0.05) is 60.7 Å². The van der Waals surface area contributed by atoms with E-state index in [1.54, 1.807) is 12.3 Å². The highest BCUT2D eigenvalue weighted by atomic mass is 79.9. The number of benzene rings is 4. The van der Waals surface area contributed by atoms with Crippen molar-refractivity contribution in [2.24, 2.45) is 5.10 Å². The van der Waals surface area contributed by atoms with Crippen molar-refractivity contribution in [3.05, 3.63) is 106 Å². The average Bonchev–Trinajstić information content (AvgIpc) is 2.85. The van der Waals surface area contributed by atoms with Gasteiger partial charge in [-0.15, -0.1) is 0 Å². The van der Waals surface area contributed by atoms with E-state index in [1.165, 1.54) is 0 Å². The van der Waals surface area contributed by atoms with E-state index in [4.69, 9.17) is 9.47 Å². The molecule has 166 valence electrons. The van der Waals surface area contributed by atoms with Crippen molar-refractivity contribution in [3.8, 4) is 11.5 Å². The van der Waals surface area contributed by atoms with Crippen LogP contribution in [-0.2, 0) is 6.61 Å². The van der Waals surface area contributed by atoms with Crippen LogP contribution in [0.4, 0.5) is 0 Å². The molecule has 0 aliphatic heterocycles. The van der Waals surface area contributed by atoms with Crippen molar-refractivity contribution in [1.29, 1.82) is 0 Å². The molecule has 0 unspecified atom stereocenters. The maximum absolute atomic E-state index is 12.5. The molecule has 0 aliphatic rings. The second-order valence-electron chi connectivity index (χ2n) is 7.29. The zero-order valence-corrected chi connectivity index (χ0v) is 19.7. The lowest BCUT2D eigenvalue weighted by Crippen LogP contribution is -2.17. The first-order valence-corrected chi connectivity index (χ1v) is 11.4.